The van der Waals surface area contributed by atoms with Gasteiger partial charge in [0.1, 0.15) is 5.84 Å². The van der Waals surface area contributed by atoms with Crippen molar-refractivity contribution in [3.8, 4) is 0 Å². The lowest BCUT2D eigenvalue weighted by atomic mass is 10.2. The summed E-state index contributed by atoms with van der Waals surface area (Å²) in [5.41, 5.74) is 0. The zero-order valence-corrected chi connectivity index (χ0v) is 12.5. The van der Waals surface area contributed by atoms with Gasteiger partial charge < -0.3 is 4.90 Å². The van der Waals surface area contributed by atoms with Crippen LogP contribution in [-0.4, -0.2) is 61.3 Å². The van der Waals surface area contributed by atoms with Gasteiger partial charge in [0.05, 0.1) is 0 Å². The monoisotopic (exact) mass is 271 g/mol. The van der Waals surface area contributed by atoms with Gasteiger partial charge in [0.15, 0.2) is 0 Å². The number of rotatable bonds is 6. The Bertz CT molecular complexity index is 268. The molecule has 0 aromatic heterocycles. The van der Waals surface area contributed by atoms with Crippen LogP contribution >= 0.6 is 11.6 Å². The summed E-state index contributed by atoms with van der Waals surface area (Å²) in [7, 11) is 1.88. The Labute approximate surface area is 117 Å². The first-order valence-electron chi connectivity index (χ1n) is 6.98. The Morgan fingerprint density at radius 3 is 2.56 bits per heavy atom. The van der Waals surface area contributed by atoms with Crippen molar-refractivity contribution in [2.24, 2.45) is 4.99 Å². The van der Waals surface area contributed by atoms with Crippen molar-refractivity contribution >= 4 is 17.4 Å². The number of aliphatic imine (C=N–C) groups is 1. The van der Waals surface area contributed by atoms with E-state index in [9.17, 15) is 0 Å². The molecule has 0 N–H and O–H groups in total. The third-order valence-electron chi connectivity index (χ3n) is 3.32. The Hall–Kier alpha value is -0.540. The number of piperazine rings is 1. The number of unbranched alkanes of at least 4 members (excludes halogenated alkanes) is 2. The van der Waals surface area contributed by atoms with Crippen molar-refractivity contribution in [2.45, 2.75) is 26.2 Å². The molecule has 1 saturated heterocycles. The van der Waals surface area contributed by atoms with Gasteiger partial charge in [-0.15, -0.1) is 11.6 Å². The molecule has 0 bridgehead atoms. The molecule has 0 unspecified atom stereocenters. The van der Waals surface area contributed by atoms with Gasteiger partial charge in [-0.2, -0.15) is 0 Å². The minimum Gasteiger partial charge on any atom is -0.354 e. The number of allylic oxidation sites excluding steroid dienone is 1. The van der Waals surface area contributed by atoms with Gasteiger partial charge in [-0.25, -0.2) is 0 Å². The summed E-state index contributed by atoms with van der Waals surface area (Å²) >= 11 is 5.77. The molecule has 4 heteroatoms. The number of amidine groups is 1. The van der Waals surface area contributed by atoms with Crippen LogP contribution in [0.2, 0.25) is 0 Å². The molecule has 1 heterocycles. The van der Waals surface area contributed by atoms with E-state index in [0.29, 0.717) is 0 Å². The maximum Gasteiger partial charge on any atom is 0.122 e. The summed E-state index contributed by atoms with van der Waals surface area (Å²) < 4.78 is 0. The molecule has 1 rings (SSSR count). The zero-order chi connectivity index (χ0) is 13.2. The van der Waals surface area contributed by atoms with Crippen LogP contribution in [-0.2, 0) is 0 Å². The smallest absolute Gasteiger partial charge is 0.122 e. The summed E-state index contributed by atoms with van der Waals surface area (Å²) in [5, 5.41) is 0. The quantitative estimate of drug-likeness (QED) is 0.320. The third kappa shape index (κ3) is 5.40. The second-order valence-electron chi connectivity index (χ2n) is 4.64. The molecule has 1 fully saturated rings. The highest BCUT2D eigenvalue weighted by Crippen LogP contribution is 2.05. The number of hydrogen-bond donors (Lipinski definition) is 0. The van der Waals surface area contributed by atoms with E-state index in [1.807, 2.05) is 7.05 Å². The van der Waals surface area contributed by atoms with Crippen molar-refractivity contribution in [3.05, 3.63) is 12.2 Å². The maximum absolute atomic E-state index is 5.77. The Balaban J connectivity index is 2.36. The molecule has 1 aliphatic heterocycles. The molecule has 0 aromatic rings. The van der Waals surface area contributed by atoms with Gasteiger partial charge in [0, 0.05) is 45.7 Å². The summed E-state index contributed by atoms with van der Waals surface area (Å²) in [4.78, 5) is 9.17. The van der Waals surface area contributed by atoms with Crippen molar-refractivity contribution in [1.82, 2.24) is 9.80 Å². The highest BCUT2D eigenvalue weighted by molar-refractivity contribution is 6.18. The standard InChI is InChI=1S/C14H26ClN3/c1-3-4-5-6-7-14(16-2)18-12-10-17(9-8-15)11-13-18/h6-7H,3-5,8-13H2,1-2H3/b7-6-,16-14?. The van der Waals surface area contributed by atoms with E-state index in [4.69, 9.17) is 11.6 Å². The van der Waals surface area contributed by atoms with Crippen LogP contribution in [0.5, 0.6) is 0 Å². The van der Waals surface area contributed by atoms with Crippen LogP contribution in [0.15, 0.2) is 17.1 Å². The summed E-state index contributed by atoms with van der Waals surface area (Å²) in [6.45, 7) is 7.52. The molecular weight excluding hydrogens is 246 g/mol. The third-order valence-corrected chi connectivity index (χ3v) is 3.49. The average Bonchev–Trinajstić information content (AvgIpc) is 2.41. The number of hydrogen-bond acceptors (Lipinski definition) is 2. The number of nitrogens with zero attached hydrogens (tertiary/aromatic N) is 3. The van der Waals surface area contributed by atoms with Crippen LogP contribution in [0, 0.1) is 0 Å². The fraction of sp³-hybridized carbons (Fsp3) is 0.786. The molecule has 0 radical (unpaired) electrons. The van der Waals surface area contributed by atoms with E-state index in [1.165, 1.54) is 12.8 Å². The maximum atomic E-state index is 5.77. The molecule has 0 aromatic carbocycles. The topological polar surface area (TPSA) is 18.8 Å². The summed E-state index contributed by atoms with van der Waals surface area (Å²) in [5.74, 6) is 1.85. The fourth-order valence-corrected chi connectivity index (χ4v) is 2.39. The lowest BCUT2D eigenvalue weighted by Gasteiger charge is -2.35. The van der Waals surface area contributed by atoms with Gasteiger partial charge in [-0.05, 0) is 12.5 Å². The van der Waals surface area contributed by atoms with E-state index >= 15 is 0 Å². The molecule has 3 nitrogen and oxygen atoms in total. The molecule has 104 valence electrons. The van der Waals surface area contributed by atoms with E-state index < -0.39 is 0 Å². The largest absolute Gasteiger partial charge is 0.354 e. The molecule has 0 amide bonds. The van der Waals surface area contributed by atoms with Crippen molar-refractivity contribution in [1.29, 1.82) is 0 Å². The first-order valence-corrected chi connectivity index (χ1v) is 7.51. The Kier molecular flexibility index (Phi) is 8.10. The predicted molar refractivity (Wildman–Crippen MR) is 80.8 cm³/mol. The zero-order valence-electron chi connectivity index (χ0n) is 11.7. The lowest BCUT2D eigenvalue weighted by Crippen LogP contribution is -2.48. The lowest BCUT2D eigenvalue weighted by molar-refractivity contribution is 0.191. The minimum absolute atomic E-state index is 0.728. The Morgan fingerprint density at radius 1 is 1.28 bits per heavy atom. The molecule has 1 aliphatic rings. The van der Waals surface area contributed by atoms with Crippen molar-refractivity contribution in [2.75, 3.05) is 45.7 Å². The van der Waals surface area contributed by atoms with E-state index in [1.54, 1.807) is 0 Å². The fourth-order valence-electron chi connectivity index (χ4n) is 2.15. The van der Waals surface area contributed by atoms with Crippen molar-refractivity contribution in [3.63, 3.8) is 0 Å². The predicted octanol–water partition coefficient (Wildman–Crippen LogP) is 2.62. The molecule has 0 spiro atoms. The van der Waals surface area contributed by atoms with E-state index in [2.05, 4.69) is 33.9 Å². The van der Waals surface area contributed by atoms with Crippen LogP contribution in [0.1, 0.15) is 26.2 Å². The highest BCUT2D eigenvalue weighted by Gasteiger charge is 2.17. The number of halogens is 1. The second kappa shape index (κ2) is 9.40. The SMILES string of the molecule is CCCC/C=C\C(=NC)N1CCN(CCCl)CC1. The summed E-state index contributed by atoms with van der Waals surface area (Å²) in [6, 6.07) is 0. The van der Waals surface area contributed by atoms with Crippen molar-refractivity contribution < 1.29 is 0 Å². The molecule has 0 saturated carbocycles. The Morgan fingerprint density at radius 2 is 2.00 bits per heavy atom. The number of alkyl halides is 1. The van der Waals surface area contributed by atoms with Gasteiger partial charge >= 0.3 is 0 Å². The van der Waals surface area contributed by atoms with Crippen LogP contribution < -0.4 is 0 Å². The normalized spacial score (nSPS) is 18.8. The van der Waals surface area contributed by atoms with Crippen LogP contribution in [0.25, 0.3) is 0 Å². The summed E-state index contributed by atoms with van der Waals surface area (Å²) in [6.07, 6.45) is 8.09. The van der Waals surface area contributed by atoms with Crippen LogP contribution in [0.4, 0.5) is 0 Å². The van der Waals surface area contributed by atoms with Gasteiger partial charge in [0.25, 0.3) is 0 Å². The van der Waals surface area contributed by atoms with Gasteiger partial charge in [-0.3, -0.25) is 9.89 Å². The van der Waals surface area contributed by atoms with Gasteiger partial charge in [0.2, 0.25) is 0 Å². The minimum atomic E-state index is 0.728. The van der Waals surface area contributed by atoms with Crippen LogP contribution in [0.3, 0.4) is 0 Å². The van der Waals surface area contributed by atoms with E-state index in [-0.39, 0.29) is 0 Å². The average molecular weight is 272 g/mol. The molecule has 0 atom stereocenters. The first-order chi connectivity index (χ1) is 8.81. The second-order valence-corrected chi connectivity index (χ2v) is 5.02. The molecule has 0 aliphatic carbocycles. The first kappa shape index (κ1) is 15.5. The molecule has 18 heavy (non-hydrogen) atoms. The molecular formula is C14H26ClN3. The van der Waals surface area contributed by atoms with E-state index in [0.717, 1.165) is 50.9 Å². The van der Waals surface area contributed by atoms with Gasteiger partial charge in [-0.1, -0.05) is 25.8 Å². The highest BCUT2D eigenvalue weighted by atomic mass is 35.5.